The molecule has 0 heterocycles. The van der Waals surface area contributed by atoms with Gasteiger partial charge in [0.05, 0.1) is 24.8 Å². The number of rotatable bonds is 8. The van der Waals surface area contributed by atoms with Crippen LogP contribution in [0.15, 0.2) is 18.2 Å². The molecule has 1 atom stereocenters. The Bertz CT molecular complexity index is 363. The highest BCUT2D eigenvalue weighted by Crippen LogP contribution is 2.17. The Balaban J connectivity index is 2.44. The third-order valence-corrected chi connectivity index (χ3v) is 2.91. The molecule has 0 aliphatic heterocycles. The van der Waals surface area contributed by atoms with Crippen LogP contribution in [0.2, 0.25) is 5.02 Å². The number of benzene rings is 1. The second kappa shape index (κ2) is 8.43. The highest BCUT2D eigenvalue weighted by molar-refractivity contribution is 6.30. The summed E-state index contributed by atoms with van der Waals surface area (Å²) in [7, 11) is 3.51. The molecule has 0 spiro atoms. The molecule has 0 amide bonds. The highest BCUT2D eigenvalue weighted by Gasteiger charge is 2.09. The molecule has 1 unspecified atom stereocenters. The Morgan fingerprint density at radius 1 is 1.39 bits per heavy atom. The summed E-state index contributed by atoms with van der Waals surface area (Å²) >= 11 is 5.74. The largest absolute Gasteiger partial charge is 0.382 e. The third kappa shape index (κ3) is 5.31. The van der Waals surface area contributed by atoms with Crippen molar-refractivity contribution in [3.63, 3.8) is 0 Å². The summed E-state index contributed by atoms with van der Waals surface area (Å²) in [6, 6.07) is 4.94. The lowest BCUT2D eigenvalue weighted by atomic mass is 10.1. The number of ether oxygens (including phenoxy) is 2. The van der Waals surface area contributed by atoms with Crippen LogP contribution < -0.4 is 5.32 Å². The standard InChI is InChI=1S/C13H19ClFNO2/c1-16-11(9-18-6-5-17-2)7-10-3-4-13(15)12(14)8-10/h3-4,8,11,16H,5-7,9H2,1-2H3. The molecule has 1 rings (SSSR count). The summed E-state index contributed by atoms with van der Waals surface area (Å²) < 4.78 is 23.4. The number of likely N-dealkylation sites (N-methyl/N-ethyl adjacent to an activating group) is 1. The van der Waals surface area contributed by atoms with Gasteiger partial charge in [0.1, 0.15) is 5.82 Å². The van der Waals surface area contributed by atoms with E-state index in [2.05, 4.69) is 5.32 Å². The zero-order chi connectivity index (χ0) is 13.4. The predicted molar refractivity (Wildman–Crippen MR) is 70.7 cm³/mol. The van der Waals surface area contributed by atoms with E-state index in [1.807, 2.05) is 7.05 Å². The van der Waals surface area contributed by atoms with E-state index in [0.717, 1.165) is 12.0 Å². The summed E-state index contributed by atoms with van der Waals surface area (Å²) in [6.45, 7) is 1.73. The average Bonchev–Trinajstić information content (AvgIpc) is 2.37. The second-order valence-electron chi connectivity index (χ2n) is 4.01. The first-order chi connectivity index (χ1) is 8.67. The minimum absolute atomic E-state index is 0.155. The van der Waals surface area contributed by atoms with Gasteiger partial charge in [-0.2, -0.15) is 0 Å². The van der Waals surface area contributed by atoms with Gasteiger partial charge >= 0.3 is 0 Å². The van der Waals surface area contributed by atoms with Gasteiger partial charge in [-0.1, -0.05) is 17.7 Å². The summed E-state index contributed by atoms with van der Waals surface area (Å²) in [5.74, 6) is -0.391. The van der Waals surface area contributed by atoms with E-state index in [1.54, 1.807) is 19.2 Å². The van der Waals surface area contributed by atoms with Gasteiger partial charge in [0.25, 0.3) is 0 Å². The maximum Gasteiger partial charge on any atom is 0.141 e. The van der Waals surface area contributed by atoms with Crippen LogP contribution in [0.25, 0.3) is 0 Å². The summed E-state index contributed by atoms with van der Waals surface area (Å²) in [6.07, 6.45) is 0.740. The molecule has 0 fully saturated rings. The van der Waals surface area contributed by atoms with Gasteiger partial charge in [0.2, 0.25) is 0 Å². The average molecular weight is 276 g/mol. The molecule has 0 bridgehead atoms. The zero-order valence-electron chi connectivity index (χ0n) is 10.7. The predicted octanol–water partition coefficient (Wildman–Crippen LogP) is 2.27. The van der Waals surface area contributed by atoms with Gasteiger partial charge < -0.3 is 14.8 Å². The number of nitrogens with one attached hydrogen (secondary N) is 1. The van der Waals surface area contributed by atoms with Crippen molar-refractivity contribution in [2.45, 2.75) is 12.5 Å². The van der Waals surface area contributed by atoms with Gasteiger partial charge in [-0.3, -0.25) is 0 Å². The normalized spacial score (nSPS) is 12.7. The first kappa shape index (κ1) is 15.4. The van der Waals surface area contributed by atoms with Crippen LogP contribution in [0.3, 0.4) is 0 Å². The fraction of sp³-hybridized carbons (Fsp3) is 0.538. The minimum Gasteiger partial charge on any atom is -0.382 e. The van der Waals surface area contributed by atoms with Crippen LogP contribution in [0.1, 0.15) is 5.56 Å². The van der Waals surface area contributed by atoms with Crippen molar-refractivity contribution in [2.24, 2.45) is 0 Å². The van der Waals surface area contributed by atoms with Gasteiger partial charge in [-0.15, -0.1) is 0 Å². The quantitative estimate of drug-likeness (QED) is 0.739. The molecule has 18 heavy (non-hydrogen) atoms. The summed E-state index contributed by atoms with van der Waals surface area (Å²) in [5.41, 5.74) is 0.982. The van der Waals surface area contributed by atoms with Gasteiger partial charge in [0.15, 0.2) is 0 Å². The lowest BCUT2D eigenvalue weighted by molar-refractivity contribution is 0.0598. The molecule has 0 aliphatic carbocycles. The number of halogens is 2. The molecular weight excluding hydrogens is 257 g/mol. The van der Waals surface area contributed by atoms with E-state index in [0.29, 0.717) is 19.8 Å². The SMILES string of the molecule is CNC(COCCOC)Cc1ccc(F)c(Cl)c1. The van der Waals surface area contributed by atoms with Crippen LogP contribution in [0.4, 0.5) is 4.39 Å². The first-order valence-electron chi connectivity index (χ1n) is 5.85. The fourth-order valence-electron chi connectivity index (χ4n) is 1.56. The van der Waals surface area contributed by atoms with Crippen LogP contribution in [-0.4, -0.2) is 40.0 Å². The number of hydrogen-bond donors (Lipinski definition) is 1. The maximum absolute atomic E-state index is 13.0. The van der Waals surface area contributed by atoms with Crippen LogP contribution in [0, 0.1) is 5.82 Å². The van der Waals surface area contributed by atoms with Gasteiger partial charge in [-0.05, 0) is 31.2 Å². The summed E-state index contributed by atoms with van der Waals surface area (Å²) in [5, 5.41) is 3.31. The molecule has 0 radical (unpaired) electrons. The third-order valence-electron chi connectivity index (χ3n) is 2.63. The summed E-state index contributed by atoms with van der Waals surface area (Å²) in [4.78, 5) is 0. The van der Waals surface area contributed by atoms with E-state index in [4.69, 9.17) is 21.1 Å². The Morgan fingerprint density at radius 3 is 2.78 bits per heavy atom. The van der Waals surface area contributed by atoms with Crippen molar-refractivity contribution in [3.05, 3.63) is 34.6 Å². The Hall–Kier alpha value is -0.680. The van der Waals surface area contributed by atoms with E-state index in [1.165, 1.54) is 6.07 Å². The smallest absolute Gasteiger partial charge is 0.141 e. The van der Waals surface area contributed by atoms with Gasteiger partial charge in [0, 0.05) is 13.2 Å². The lowest BCUT2D eigenvalue weighted by Gasteiger charge is -2.16. The first-order valence-corrected chi connectivity index (χ1v) is 6.23. The van der Waals surface area contributed by atoms with Crippen LogP contribution in [0.5, 0.6) is 0 Å². The van der Waals surface area contributed by atoms with Crippen molar-refractivity contribution < 1.29 is 13.9 Å². The van der Waals surface area contributed by atoms with Crippen molar-refractivity contribution in [1.82, 2.24) is 5.32 Å². The van der Waals surface area contributed by atoms with Crippen molar-refractivity contribution in [1.29, 1.82) is 0 Å². The molecule has 0 aromatic heterocycles. The maximum atomic E-state index is 13.0. The molecule has 1 N–H and O–H groups in total. The molecule has 1 aromatic carbocycles. The fourth-order valence-corrected chi connectivity index (χ4v) is 1.77. The topological polar surface area (TPSA) is 30.5 Å². The monoisotopic (exact) mass is 275 g/mol. The molecule has 5 heteroatoms. The van der Waals surface area contributed by atoms with E-state index >= 15 is 0 Å². The minimum atomic E-state index is -0.391. The Morgan fingerprint density at radius 2 is 2.17 bits per heavy atom. The number of methoxy groups -OCH3 is 1. The van der Waals surface area contributed by atoms with Gasteiger partial charge in [-0.25, -0.2) is 4.39 Å². The zero-order valence-corrected chi connectivity index (χ0v) is 11.5. The van der Waals surface area contributed by atoms with Crippen molar-refractivity contribution in [2.75, 3.05) is 34.0 Å². The molecule has 1 aromatic rings. The van der Waals surface area contributed by atoms with Crippen LogP contribution in [-0.2, 0) is 15.9 Å². The highest BCUT2D eigenvalue weighted by atomic mass is 35.5. The van der Waals surface area contributed by atoms with E-state index in [-0.39, 0.29) is 11.1 Å². The van der Waals surface area contributed by atoms with Crippen molar-refractivity contribution in [3.8, 4) is 0 Å². The van der Waals surface area contributed by atoms with Crippen molar-refractivity contribution >= 4 is 11.6 Å². The molecule has 0 saturated carbocycles. The second-order valence-corrected chi connectivity index (χ2v) is 4.41. The number of hydrogen-bond acceptors (Lipinski definition) is 3. The lowest BCUT2D eigenvalue weighted by Crippen LogP contribution is -2.33. The van der Waals surface area contributed by atoms with E-state index < -0.39 is 5.82 Å². The molecule has 0 aliphatic rings. The Labute approximate surface area is 112 Å². The van der Waals surface area contributed by atoms with E-state index in [9.17, 15) is 4.39 Å². The molecule has 102 valence electrons. The molecule has 0 saturated heterocycles. The van der Waals surface area contributed by atoms with Crippen LogP contribution >= 0.6 is 11.6 Å². The molecular formula is C13H19ClFNO2. The Kier molecular flexibility index (Phi) is 7.20. The molecule has 3 nitrogen and oxygen atoms in total.